The number of benzene rings is 3. The van der Waals surface area contributed by atoms with Gasteiger partial charge in [-0.15, -0.1) is 11.3 Å². The molecule has 32 heavy (non-hydrogen) atoms. The van der Waals surface area contributed by atoms with E-state index in [1.807, 2.05) is 24.3 Å². The van der Waals surface area contributed by atoms with Gasteiger partial charge in [0.25, 0.3) is 5.91 Å². The number of carbonyl (C=O) groups is 2. The van der Waals surface area contributed by atoms with E-state index in [4.69, 9.17) is 4.74 Å². The number of methoxy groups -OCH3 is 1. The number of nitrogens with one attached hydrogen (secondary N) is 2. The summed E-state index contributed by atoms with van der Waals surface area (Å²) in [5.41, 5.74) is 2.38. The van der Waals surface area contributed by atoms with Gasteiger partial charge in [0, 0.05) is 11.3 Å². The summed E-state index contributed by atoms with van der Waals surface area (Å²) >= 11 is 2.78. The quantitative estimate of drug-likeness (QED) is 0.355. The minimum absolute atomic E-state index is 0.161. The fourth-order valence-corrected chi connectivity index (χ4v) is 4.82. The molecule has 0 aliphatic rings. The highest BCUT2D eigenvalue weighted by Crippen LogP contribution is 2.32. The topological polar surface area (TPSA) is 80.3 Å². The van der Waals surface area contributed by atoms with Crippen molar-refractivity contribution in [1.82, 2.24) is 4.98 Å². The van der Waals surface area contributed by atoms with Crippen LogP contribution in [0.1, 0.15) is 10.4 Å². The number of para-hydroxylation sites is 2. The fourth-order valence-electron chi connectivity index (χ4n) is 2.91. The Kier molecular flexibility index (Phi) is 6.67. The molecule has 9 heteroatoms. The molecule has 0 saturated heterocycles. The predicted molar refractivity (Wildman–Crippen MR) is 126 cm³/mol. The van der Waals surface area contributed by atoms with Crippen LogP contribution in [0.4, 0.5) is 15.8 Å². The number of rotatable bonds is 7. The molecule has 4 rings (SSSR count). The number of halogens is 1. The maximum Gasteiger partial charge on any atom is 0.255 e. The highest BCUT2D eigenvalue weighted by atomic mass is 32.2. The molecule has 0 bridgehead atoms. The molecule has 0 aliphatic heterocycles. The van der Waals surface area contributed by atoms with Gasteiger partial charge in [-0.05, 0) is 54.6 Å². The number of nitrogens with zero attached hydrogens (tertiary/aromatic N) is 1. The molecule has 6 nitrogen and oxygen atoms in total. The lowest BCUT2D eigenvalue weighted by molar-refractivity contribution is -0.113. The van der Waals surface area contributed by atoms with Crippen molar-refractivity contribution < 1.29 is 18.7 Å². The van der Waals surface area contributed by atoms with Crippen molar-refractivity contribution in [3.05, 3.63) is 78.1 Å². The Labute approximate surface area is 191 Å². The van der Waals surface area contributed by atoms with Crippen LogP contribution in [0, 0.1) is 5.82 Å². The first-order valence-corrected chi connectivity index (χ1v) is 11.4. The molecule has 0 aliphatic carbocycles. The molecule has 0 spiro atoms. The molecule has 1 heterocycles. The second-order valence-electron chi connectivity index (χ2n) is 6.66. The lowest BCUT2D eigenvalue weighted by Gasteiger charge is -2.09. The van der Waals surface area contributed by atoms with Crippen molar-refractivity contribution in [2.45, 2.75) is 4.34 Å². The molecule has 3 aromatic carbocycles. The van der Waals surface area contributed by atoms with Crippen LogP contribution < -0.4 is 15.4 Å². The van der Waals surface area contributed by atoms with Crippen LogP contribution in [0.2, 0.25) is 0 Å². The van der Waals surface area contributed by atoms with Gasteiger partial charge in [-0.2, -0.15) is 0 Å². The van der Waals surface area contributed by atoms with Crippen molar-refractivity contribution in [2.75, 3.05) is 23.5 Å². The lowest BCUT2D eigenvalue weighted by Crippen LogP contribution is -2.14. The summed E-state index contributed by atoms with van der Waals surface area (Å²) in [4.78, 5) is 29.2. The summed E-state index contributed by atoms with van der Waals surface area (Å²) in [7, 11) is 1.55. The zero-order valence-electron chi connectivity index (χ0n) is 16.9. The van der Waals surface area contributed by atoms with Gasteiger partial charge in [-0.25, -0.2) is 9.37 Å². The Balaban J connectivity index is 1.39. The van der Waals surface area contributed by atoms with Gasteiger partial charge in [-0.3, -0.25) is 9.59 Å². The van der Waals surface area contributed by atoms with Crippen LogP contribution in [0.3, 0.4) is 0 Å². The van der Waals surface area contributed by atoms with E-state index in [1.54, 1.807) is 25.3 Å². The van der Waals surface area contributed by atoms with Crippen LogP contribution in [0.25, 0.3) is 10.2 Å². The number of thioether (sulfide) groups is 1. The molecule has 0 atom stereocenters. The normalized spacial score (nSPS) is 10.7. The summed E-state index contributed by atoms with van der Waals surface area (Å²) in [5.74, 6) is -0.0794. The van der Waals surface area contributed by atoms with E-state index in [9.17, 15) is 14.0 Å². The Morgan fingerprint density at radius 2 is 1.84 bits per heavy atom. The van der Waals surface area contributed by atoms with Gasteiger partial charge in [0.2, 0.25) is 5.91 Å². The van der Waals surface area contributed by atoms with Gasteiger partial charge >= 0.3 is 0 Å². The molecular weight excluding hydrogens is 449 g/mol. The van der Waals surface area contributed by atoms with Crippen LogP contribution >= 0.6 is 23.1 Å². The van der Waals surface area contributed by atoms with Crippen molar-refractivity contribution in [3.63, 3.8) is 0 Å². The monoisotopic (exact) mass is 467 g/mol. The Morgan fingerprint density at radius 3 is 2.62 bits per heavy atom. The average Bonchev–Trinajstić information content (AvgIpc) is 3.21. The molecule has 162 valence electrons. The molecule has 0 fully saturated rings. The second-order valence-corrected chi connectivity index (χ2v) is 8.91. The Morgan fingerprint density at radius 1 is 1.06 bits per heavy atom. The zero-order chi connectivity index (χ0) is 22.5. The number of thiazole rings is 1. The van der Waals surface area contributed by atoms with E-state index in [-0.39, 0.29) is 17.6 Å². The van der Waals surface area contributed by atoms with E-state index >= 15 is 0 Å². The minimum atomic E-state index is -0.394. The third-order valence-electron chi connectivity index (χ3n) is 4.44. The van der Waals surface area contributed by atoms with E-state index in [0.717, 1.165) is 14.6 Å². The largest absolute Gasteiger partial charge is 0.495 e. The molecule has 2 N–H and O–H groups in total. The van der Waals surface area contributed by atoms with E-state index in [0.29, 0.717) is 22.7 Å². The first-order valence-electron chi connectivity index (χ1n) is 9.55. The van der Waals surface area contributed by atoms with Crippen molar-refractivity contribution >= 4 is 56.5 Å². The maximum absolute atomic E-state index is 13.0. The molecule has 0 unspecified atom stereocenters. The van der Waals surface area contributed by atoms with Crippen LogP contribution in [0.5, 0.6) is 5.75 Å². The van der Waals surface area contributed by atoms with Gasteiger partial charge in [0.15, 0.2) is 4.34 Å². The van der Waals surface area contributed by atoms with E-state index in [2.05, 4.69) is 15.6 Å². The summed E-state index contributed by atoms with van der Waals surface area (Å²) < 4.78 is 19.9. The lowest BCUT2D eigenvalue weighted by atomic mass is 10.2. The number of fused-ring (bicyclic) bond motifs is 1. The number of amides is 2. The SMILES string of the molecule is COc1ccccc1NC(=O)CSc1nc2ccc(NC(=O)c3ccc(F)cc3)cc2s1. The highest BCUT2D eigenvalue weighted by molar-refractivity contribution is 8.01. The third kappa shape index (κ3) is 5.24. The van der Waals surface area contributed by atoms with Gasteiger partial charge in [0.1, 0.15) is 11.6 Å². The summed E-state index contributed by atoms with van der Waals surface area (Å²) in [6.45, 7) is 0. The third-order valence-corrected chi connectivity index (χ3v) is 6.60. The van der Waals surface area contributed by atoms with Gasteiger partial charge < -0.3 is 15.4 Å². The van der Waals surface area contributed by atoms with Gasteiger partial charge in [0.05, 0.1) is 28.8 Å². The van der Waals surface area contributed by atoms with E-state index in [1.165, 1.54) is 47.4 Å². The first kappa shape index (κ1) is 21.8. The highest BCUT2D eigenvalue weighted by Gasteiger charge is 2.12. The van der Waals surface area contributed by atoms with Crippen LogP contribution in [-0.2, 0) is 4.79 Å². The minimum Gasteiger partial charge on any atom is -0.495 e. The molecule has 4 aromatic rings. The number of hydrogen-bond donors (Lipinski definition) is 2. The zero-order valence-corrected chi connectivity index (χ0v) is 18.6. The van der Waals surface area contributed by atoms with Crippen molar-refractivity contribution in [2.24, 2.45) is 0 Å². The number of anilines is 2. The molecule has 0 saturated carbocycles. The number of ether oxygens (including phenoxy) is 1. The van der Waals surface area contributed by atoms with Crippen molar-refractivity contribution in [3.8, 4) is 5.75 Å². The van der Waals surface area contributed by atoms with E-state index < -0.39 is 5.82 Å². The Bertz CT molecular complexity index is 1280. The van der Waals surface area contributed by atoms with Gasteiger partial charge in [-0.1, -0.05) is 23.9 Å². The first-order chi connectivity index (χ1) is 15.5. The molecule has 2 amide bonds. The second kappa shape index (κ2) is 9.80. The standard InChI is InChI=1S/C23H18FN3O3S2/c1-30-19-5-3-2-4-17(19)26-21(28)13-31-23-27-18-11-10-16(12-20(18)32-23)25-22(29)14-6-8-15(24)9-7-14/h2-12H,13H2,1H3,(H,25,29)(H,26,28). The predicted octanol–water partition coefficient (Wildman–Crippen LogP) is 5.43. The van der Waals surface area contributed by atoms with Crippen LogP contribution in [0.15, 0.2) is 71.1 Å². The summed E-state index contributed by atoms with van der Waals surface area (Å²) in [6, 6.07) is 18.0. The maximum atomic E-state index is 13.0. The summed E-state index contributed by atoms with van der Waals surface area (Å²) in [6.07, 6.45) is 0. The van der Waals surface area contributed by atoms with Crippen LogP contribution in [-0.4, -0.2) is 29.7 Å². The molecular formula is C23H18FN3O3S2. The number of aromatic nitrogens is 1. The fraction of sp³-hybridized carbons (Fsp3) is 0.0870. The van der Waals surface area contributed by atoms with Crippen molar-refractivity contribution in [1.29, 1.82) is 0 Å². The molecule has 0 radical (unpaired) electrons. The molecule has 1 aromatic heterocycles. The smallest absolute Gasteiger partial charge is 0.255 e. The summed E-state index contributed by atoms with van der Waals surface area (Å²) in [5, 5.41) is 5.64. The number of hydrogen-bond acceptors (Lipinski definition) is 6. The Hall–Kier alpha value is -3.43. The average molecular weight is 468 g/mol. The number of carbonyl (C=O) groups excluding carboxylic acids is 2.